The minimum Gasteiger partial charge on any atom is -0.494 e. The van der Waals surface area contributed by atoms with E-state index in [0.717, 1.165) is 38.4 Å². The second-order valence-corrected chi connectivity index (χ2v) is 5.29. The molecule has 1 rings (SSSR count). The molecule has 0 saturated heterocycles. The smallest absolute Gasteiger partial charge is 0.119 e. The van der Waals surface area contributed by atoms with Crippen molar-refractivity contribution in [1.82, 2.24) is 10.2 Å². The molecule has 19 heavy (non-hydrogen) atoms. The Morgan fingerprint density at radius 3 is 2.32 bits per heavy atom. The molecule has 3 heteroatoms. The van der Waals surface area contributed by atoms with Crippen LogP contribution in [0.1, 0.15) is 24.0 Å². The van der Waals surface area contributed by atoms with Gasteiger partial charge in [0.25, 0.3) is 0 Å². The van der Waals surface area contributed by atoms with Crippen LogP contribution < -0.4 is 10.1 Å². The first kappa shape index (κ1) is 16.0. The highest BCUT2D eigenvalue weighted by atomic mass is 16.5. The first-order chi connectivity index (χ1) is 9.11. The zero-order valence-corrected chi connectivity index (χ0v) is 12.8. The highest BCUT2D eigenvalue weighted by molar-refractivity contribution is 5.32. The molecule has 0 radical (unpaired) electrons. The van der Waals surface area contributed by atoms with Gasteiger partial charge in [-0.2, -0.15) is 0 Å². The third-order valence-corrected chi connectivity index (χ3v) is 3.11. The topological polar surface area (TPSA) is 24.5 Å². The number of nitrogens with zero attached hydrogens (tertiary/aromatic N) is 1. The quantitative estimate of drug-likeness (QED) is 0.694. The zero-order chi connectivity index (χ0) is 14.1. The van der Waals surface area contributed by atoms with Gasteiger partial charge in [-0.3, -0.25) is 0 Å². The van der Waals surface area contributed by atoms with Crippen LogP contribution >= 0.6 is 0 Å². The van der Waals surface area contributed by atoms with Gasteiger partial charge in [-0.15, -0.1) is 0 Å². The van der Waals surface area contributed by atoms with Crippen LogP contribution in [-0.4, -0.2) is 45.2 Å². The average Bonchev–Trinajstić information content (AvgIpc) is 2.34. The normalized spacial score (nSPS) is 11.0. The molecular weight excluding hydrogens is 236 g/mol. The molecule has 1 N–H and O–H groups in total. The summed E-state index contributed by atoms with van der Waals surface area (Å²) in [5, 5.41) is 3.17. The Labute approximate surface area is 118 Å². The first-order valence-corrected chi connectivity index (χ1v) is 7.16. The molecule has 0 aliphatic rings. The highest BCUT2D eigenvalue weighted by Gasteiger charge is 2.00. The van der Waals surface area contributed by atoms with Crippen molar-refractivity contribution < 1.29 is 4.74 Å². The maximum absolute atomic E-state index is 5.80. The molecule has 0 bridgehead atoms. The van der Waals surface area contributed by atoms with Gasteiger partial charge in [0.15, 0.2) is 0 Å². The Bertz CT molecular complexity index is 346. The molecular formula is C16H28N2O. The van der Waals surface area contributed by atoms with E-state index in [1.165, 1.54) is 17.5 Å². The van der Waals surface area contributed by atoms with Crippen molar-refractivity contribution in [2.45, 2.75) is 26.7 Å². The standard InChI is InChI=1S/C16H28N2O/c1-14-11-15(2)13-16(12-14)19-10-6-9-18(4)8-5-7-17-3/h11-13,17H,5-10H2,1-4H3. The van der Waals surface area contributed by atoms with E-state index in [2.05, 4.69) is 49.3 Å². The lowest BCUT2D eigenvalue weighted by Crippen LogP contribution is -2.24. The van der Waals surface area contributed by atoms with E-state index >= 15 is 0 Å². The van der Waals surface area contributed by atoms with E-state index < -0.39 is 0 Å². The fourth-order valence-electron chi connectivity index (χ4n) is 2.18. The van der Waals surface area contributed by atoms with Gasteiger partial charge in [0.2, 0.25) is 0 Å². The number of rotatable bonds is 9. The molecule has 0 aromatic heterocycles. The lowest BCUT2D eigenvalue weighted by Gasteiger charge is -2.16. The Kier molecular flexibility index (Phi) is 7.53. The van der Waals surface area contributed by atoms with Gasteiger partial charge in [0.1, 0.15) is 5.75 Å². The third-order valence-electron chi connectivity index (χ3n) is 3.11. The van der Waals surface area contributed by atoms with Crippen LogP contribution in [0.4, 0.5) is 0 Å². The largest absolute Gasteiger partial charge is 0.494 e. The van der Waals surface area contributed by atoms with E-state index in [1.807, 2.05) is 7.05 Å². The van der Waals surface area contributed by atoms with E-state index in [9.17, 15) is 0 Å². The lowest BCUT2D eigenvalue weighted by molar-refractivity contribution is 0.261. The summed E-state index contributed by atoms with van der Waals surface area (Å²) in [6, 6.07) is 6.37. The minimum absolute atomic E-state index is 0.791. The monoisotopic (exact) mass is 264 g/mol. The SMILES string of the molecule is CNCCCN(C)CCCOc1cc(C)cc(C)c1. The molecule has 0 saturated carbocycles. The minimum atomic E-state index is 0.791. The van der Waals surface area contributed by atoms with Crippen LogP contribution in [0.5, 0.6) is 5.75 Å². The Morgan fingerprint density at radius 1 is 1.05 bits per heavy atom. The van der Waals surface area contributed by atoms with E-state index in [4.69, 9.17) is 4.74 Å². The van der Waals surface area contributed by atoms with Crippen molar-refractivity contribution in [3.8, 4) is 5.75 Å². The molecule has 1 aromatic rings. The molecule has 1 aromatic carbocycles. The van der Waals surface area contributed by atoms with Gasteiger partial charge in [-0.1, -0.05) is 6.07 Å². The van der Waals surface area contributed by atoms with E-state index in [0.29, 0.717) is 0 Å². The Hall–Kier alpha value is -1.06. The van der Waals surface area contributed by atoms with Crippen LogP contribution in [0.3, 0.4) is 0 Å². The second kappa shape index (κ2) is 8.94. The third kappa shape index (κ3) is 7.19. The summed E-state index contributed by atoms with van der Waals surface area (Å²) in [4.78, 5) is 2.36. The van der Waals surface area contributed by atoms with Crippen LogP contribution in [0.25, 0.3) is 0 Å². The average molecular weight is 264 g/mol. The zero-order valence-electron chi connectivity index (χ0n) is 12.8. The number of benzene rings is 1. The maximum Gasteiger partial charge on any atom is 0.119 e. The number of ether oxygens (including phenoxy) is 1. The fourth-order valence-corrected chi connectivity index (χ4v) is 2.18. The van der Waals surface area contributed by atoms with Crippen LogP contribution in [0.2, 0.25) is 0 Å². The molecule has 108 valence electrons. The van der Waals surface area contributed by atoms with Crippen LogP contribution in [0.15, 0.2) is 18.2 Å². The summed E-state index contributed by atoms with van der Waals surface area (Å²) in [5.74, 6) is 0.996. The summed E-state index contributed by atoms with van der Waals surface area (Å²) in [7, 11) is 4.17. The molecule has 0 spiro atoms. The van der Waals surface area contributed by atoms with Gasteiger partial charge in [0, 0.05) is 6.54 Å². The molecule has 0 heterocycles. The number of hydrogen-bond donors (Lipinski definition) is 1. The number of nitrogens with one attached hydrogen (secondary N) is 1. The van der Waals surface area contributed by atoms with Gasteiger partial charge >= 0.3 is 0 Å². The number of aryl methyl sites for hydroxylation is 2. The van der Waals surface area contributed by atoms with Gasteiger partial charge in [0.05, 0.1) is 6.61 Å². The summed E-state index contributed by atoms with van der Waals surface area (Å²) >= 11 is 0. The van der Waals surface area contributed by atoms with Crippen molar-refractivity contribution in [1.29, 1.82) is 0 Å². The van der Waals surface area contributed by atoms with E-state index in [1.54, 1.807) is 0 Å². The highest BCUT2D eigenvalue weighted by Crippen LogP contribution is 2.16. The van der Waals surface area contributed by atoms with Crippen molar-refractivity contribution in [2.24, 2.45) is 0 Å². The van der Waals surface area contributed by atoms with Crippen molar-refractivity contribution >= 4 is 0 Å². The summed E-state index contributed by atoms with van der Waals surface area (Å²) in [6.07, 6.45) is 2.27. The van der Waals surface area contributed by atoms with Gasteiger partial charge < -0.3 is 15.0 Å². The van der Waals surface area contributed by atoms with Crippen molar-refractivity contribution in [3.05, 3.63) is 29.3 Å². The molecule has 0 fully saturated rings. The molecule has 0 aliphatic carbocycles. The first-order valence-electron chi connectivity index (χ1n) is 7.16. The van der Waals surface area contributed by atoms with Crippen LogP contribution in [0, 0.1) is 13.8 Å². The summed E-state index contributed by atoms with van der Waals surface area (Å²) in [5.41, 5.74) is 2.53. The Balaban J connectivity index is 2.16. The Morgan fingerprint density at radius 2 is 1.68 bits per heavy atom. The molecule has 3 nitrogen and oxygen atoms in total. The number of hydrogen-bond acceptors (Lipinski definition) is 3. The predicted octanol–water partition coefficient (Wildman–Crippen LogP) is 2.61. The predicted molar refractivity (Wildman–Crippen MR) is 82.1 cm³/mol. The van der Waals surface area contributed by atoms with E-state index in [-0.39, 0.29) is 0 Å². The summed E-state index contributed by atoms with van der Waals surface area (Å²) < 4.78 is 5.80. The van der Waals surface area contributed by atoms with Crippen LogP contribution in [-0.2, 0) is 0 Å². The molecule has 0 amide bonds. The lowest BCUT2D eigenvalue weighted by atomic mass is 10.1. The van der Waals surface area contributed by atoms with Gasteiger partial charge in [-0.05, 0) is 77.1 Å². The van der Waals surface area contributed by atoms with Crippen molar-refractivity contribution in [3.63, 3.8) is 0 Å². The molecule has 0 unspecified atom stereocenters. The molecule has 0 aliphatic heterocycles. The summed E-state index contributed by atoms with van der Waals surface area (Å²) in [6.45, 7) is 8.33. The second-order valence-electron chi connectivity index (χ2n) is 5.29. The maximum atomic E-state index is 5.80. The van der Waals surface area contributed by atoms with Gasteiger partial charge in [-0.25, -0.2) is 0 Å². The fraction of sp³-hybridized carbons (Fsp3) is 0.625. The molecule has 0 atom stereocenters. The van der Waals surface area contributed by atoms with Crippen molar-refractivity contribution in [2.75, 3.05) is 40.3 Å².